The lowest BCUT2D eigenvalue weighted by molar-refractivity contribution is 0.408. The predicted molar refractivity (Wildman–Crippen MR) is 245 cm³/mol. The summed E-state index contributed by atoms with van der Waals surface area (Å²) >= 11 is 9.52. The molecule has 0 bridgehead atoms. The van der Waals surface area contributed by atoms with Gasteiger partial charge in [0.15, 0.2) is 11.5 Å². The molecule has 0 atom stereocenters. The number of aryl methyl sites for hydroxylation is 1. The number of phenolic OH excluding ortho intramolecular Hbond substituents is 2. The highest BCUT2D eigenvalue weighted by atomic mass is 35.5. The van der Waals surface area contributed by atoms with Gasteiger partial charge in [-0.3, -0.25) is 0 Å². The summed E-state index contributed by atoms with van der Waals surface area (Å²) in [4.78, 5) is 4.29. The highest BCUT2D eigenvalue weighted by molar-refractivity contribution is 7.17. The molecule has 0 amide bonds. The van der Waals surface area contributed by atoms with Crippen LogP contribution in [0, 0.1) is 6.92 Å². The molecule has 6 rings (SSSR count). The molecule has 0 spiro atoms. The lowest BCUT2D eigenvalue weighted by Crippen LogP contribution is -2.41. The van der Waals surface area contributed by atoms with Gasteiger partial charge in [-0.25, -0.2) is 0 Å². The topological polar surface area (TPSA) is 46.9 Å². The highest BCUT2D eigenvalue weighted by Crippen LogP contribution is 2.51. The molecule has 0 fully saturated rings. The minimum absolute atomic E-state index is 0.00513. The number of hydrogen-bond acceptors (Lipinski definition) is 5. The second kappa shape index (κ2) is 14.1. The number of halogens is 1. The average molecular weight is 753 g/mol. The first-order valence-corrected chi connectivity index (χ1v) is 20.0. The Balaban J connectivity index is 1.68. The maximum Gasteiger partial charge on any atom is 0.180 e. The Morgan fingerprint density at radius 2 is 1.02 bits per heavy atom. The van der Waals surface area contributed by atoms with Crippen molar-refractivity contribution in [3.05, 3.63) is 112 Å². The minimum atomic E-state index is -0.178. The summed E-state index contributed by atoms with van der Waals surface area (Å²) in [6.45, 7) is 22.1. The number of hydrogen-bond donors (Lipinski definition) is 2. The zero-order valence-corrected chi connectivity index (χ0v) is 35.7. The summed E-state index contributed by atoms with van der Waals surface area (Å²) in [7, 11) is 5.81. The first-order valence-electron chi connectivity index (χ1n) is 18.7. The molecule has 0 unspecified atom stereocenters. The van der Waals surface area contributed by atoms with Crippen molar-refractivity contribution in [3.8, 4) is 11.5 Å². The average Bonchev–Trinajstić information content (AvgIpc) is 3.52. The standard InChI is InChI=1S/C45H52B3ClN2O2S/c1-25-21-32(50(29-16-11-26(12-17-29)43(2,3)4)34-24-54-35-20-15-28(23-31(34)35)45(8,9)10)39(49)33(22-25)51(30-18-13-27(14-19-30)44(5,6)7)40-37(47)36(46)38(48)41(52)42(40)53/h11-24,52-53H,46-48H2,1-10H3. The van der Waals surface area contributed by atoms with E-state index >= 15 is 0 Å². The van der Waals surface area contributed by atoms with Crippen molar-refractivity contribution in [2.75, 3.05) is 9.80 Å². The third kappa shape index (κ3) is 7.28. The summed E-state index contributed by atoms with van der Waals surface area (Å²) in [5.74, 6) is -0.309. The number of phenols is 2. The zero-order chi connectivity index (χ0) is 39.7. The number of rotatable bonds is 6. The van der Waals surface area contributed by atoms with E-state index in [2.05, 4.69) is 158 Å². The first-order chi connectivity index (χ1) is 25.1. The molecule has 6 aromatic rings. The molecule has 4 nitrogen and oxygen atoms in total. The minimum Gasteiger partial charge on any atom is -0.505 e. The van der Waals surface area contributed by atoms with Crippen LogP contribution >= 0.6 is 22.9 Å². The molecule has 0 aliphatic heterocycles. The second-order valence-corrected chi connectivity index (χ2v) is 19.2. The van der Waals surface area contributed by atoms with Crippen LogP contribution in [0.3, 0.4) is 0 Å². The second-order valence-electron chi connectivity index (χ2n) is 17.9. The Morgan fingerprint density at radius 1 is 0.556 bits per heavy atom. The highest BCUT2D eigenvalue weighted by Gasteiger charge is 2.29. The summed E-state index contributed by atoms with van der Waals surface area (Å²) in [6, 6.07) is 28.2. The third-order valence-electron chi connectivity index (χ3n) is 10.8. The fraction of sp³-hybridized carbons (Fsp3) is 0.289. The summed E-state index contributed by atoms with van der Waals surface area (Å²) in [6.07, 6.45) is 0. The normalized spacial score (nSPS) is 12.4. The lowest BCUT2D eigenvalue weighted by atomic mass is 9.70. The largest absolute Gasteiger partial charge is 0.505 e. The SMILES string of the molecule is Bc1c(B)c(O)c(O)c(N(c2ccc(C(C)(C)C)cc2)c2cc(C)cc(N(c3ccc(C(C)(C)C)cc3)c3csc4ccc(C(C)(C)C)cc34)c2Cl)c1B. The molecule has 5 aromatic carbocycles. The summed E-state index contributed by atoms with van der Waals surface area (Å²) in [5.41, 5.74) is 11.9. The number of fused-ring (bicyclic) bond motifs is 1. The van der Waals surface area contributed by atoms with Crippen LogP contribution in [0.25, 0.3) is 10.1 Å². The van der Waals surface area contributed by atoms with Crippen LogP contribution in [0.15, 0.2) is 84.2 Å². The predicted octanol–water partition coefficient (Wildman–Crippen LogP) is 8.88. The molecule has 0 aliphatic carbocycles. The molecular formula is C45H52B3ClN2O2S. The monoisotopic (exact) mass is 752 g/mol. The van der Waals surface area contributed by atoms with Crippen LogP contribution < -0.4 is 26.2 Å². The van der Waals surface area contributed by atoms with Crippen molar-refractivity contribution in [3.63, 3.8) is 0 Å². The molecule has 276 valence electrons. The van der Waals surface area contributed by atoms with Crippen molar-refractivity contribution in [2.24, 2.45) is 0 Å². The van der Waals surface area contributed by atoms with E-state index in [0.717, 1.165) is 44.6 Å². The van der Waals surface area contributed by atoms with E-state index in [1.54, 1.807) is 11.3 Å². The number of anilines is 6. The van der Waals surface area contributed by atoms with Crippen LogP contribution in [0.4, 0.5) is 34.1 Å². The summed E-state index contributed by atoms with van der Waals surface area (Å²) in [5, 5.41) is 27.0. The molecule has 9 heteroatoms. The first kappa shape index (κ1) is 39.4. The van der Waals surface area contributed by atoms with Gasteiger partial charge in [0.25, 0.3) is 0 Å². The molecular weight excluding hydrogens is 700 g/mol. The number of thiophene rings is 1. The van der Waals surface area contributed by atoms with Crippen molar-refractivity contribution >= 4 is 107 Å². The molecule has 0 saturated heterocycles. The van der Waals surface area contributed by atoms with Crippen LogP contribution in [0.1, 0.15) is 84.6 Å². The van der Waals surface area contributed by atoms with Gasteiger partial charge in [0.05, 0.1) is 27.8 Å². The van der Waals surface area contributed by atoms with Gasteiger partial charge in [-0.2, -0.15) is 0 Å². The zero-order valence-electron chi connectivity index (χ0n) is 34.2. The van der Waals surface area contributed by atoms with E-state index < -0.39 is 0 Å². The molecule has 0 aliphatic rings. The Bertz CT molecular complexity index is 2340. The number of nitrogens with zero attached hydrogens (tertiary/aromatic N) is 2. The Hall–Kier alpha value is -4.26. The van der Waals surface area contributed by atoms with E-state index in [0.29, 0.717) is 21.9 Å². The summed E-state index contributed by atoms with van der Waals surface area (Å²) < 4.78 is 1.20. The smallest absolute Gasteiger partial charge is 0.180 e. The Morgan fingerprint density at radius 3 is 1.52 bits per heavy atom. The van der Waals surface area contributed by atoms with E-state index in [-0.39, 0.29) is 27.7 Å². The molecule has 0 radical (unpaired) electrons. The van der Waals surface area contributed by atoms with E-state index in [1.165, 1.54) is 21.4 Å². The van der Waals surface area contributed by atoms with Crippen LogP contribution in [0.2, 0.25) is 5.02 Å². The van der Waals surface area contributed by atoms with E-state index in [1.807, 2.05) is 28.4 Å². The van der Waals surface area contributed by atoms with Crippen LogP contribution in [-0.4, -0.2) is 33.8 Å². The molecule has 54 heavy (non-hydrogen) atoms. The molecule has 0 saturated carbocycles. The maximum absolute atomic E-state index is 11.8. The number of benzene rings is 5. The van der Waals surface area contributed by atoms with E-state index in [9.17, 15) is 10.2 Å². The number of aromatic hydroxyl groups is 2. The van der Waals surface area contributed by atoms with Crippen molar-refractivity contribution in [1.29, 1.82) is 0 Å². The fourth-order valence-corrected chi connectivity index (χ4v) is 8.29. The van der Waals surface area contributed by atoms with Crippen molar-refractivity contribution in [1.82, 2.24) is 0 Å². The third-order valence-corrected chi connectivity index (χ3v) is 12.1. The maximum atomic E-state index is 11.8. The Kier molecular flexibility index (Phi) is 10.3. The fourth-order valence-electron chi connectivity index (χ4n) is 7.11. The van der Waals surface area contributed by atoms with Gasteiger partial charge in [0.1, 0.15) is 23.5 Å². The molecule has 1 aromatic heterocycles. The van der Waals surface area contributed by atoms with Gasteiger partial charge in [-0.1, -0.05) is 121 Å². The van der Waals surface area contributed by atoms with Gasteiger partial charge >= 0.3 is 0 Å². The van der Waals surface area contributed by atoms with Crippen molar-refractivity contribution < 1.29 is 10.2 Å². The van der Waals surface area contributed by atoms with Gasteiger partial charge in [0, 0.05) is 26.8 Å². The molecule has 1 heterocycles. The van der Waals surface area contributed by atoms with E-state index in [4.69, 9.17) is 11.6 Å². The van der Waals surface area contributed by atoms with Crippen LogP contribution in [0.5, 0.6) is 11.5 Å². The van der Waals surface area contributed by atoms with Crippen LogP contribution in [-0.2, 0) is 16.2 Å². The lowest BCUT2D eigenvalue weighted by Gasteiger charge is -2.34. The quantitative estimate of drug-likeness (QED) is 0.132. The van der Waals surface area contributed by atoms with Crippen molar-refractivity contribution in [2.45, 2.75) is 85.5 Å². The molecule has 2 N–H and O–H groups in total. The van der Waals surface area contributed by atoms with Gasteiger partial charge in [-0.15, -0.1) is 11.3 Å². The van der Waals surface area contributed by atoms with Gasteiger partial charge in [-0.05, 0) is 94.0 Å². The van der Waals surface area contributed by atoms with Gasteiger partial charge < -0.3 is 20.0 Å². The Labute approximate surface area is 334 Å². The van der Waals surface area contributed by atoms with Gasteiger partial charge in [0.2, 0.25) is 0 Å².